The number of likely N-dealkylation sites (N-methyl/N-ethyl adjacent to an activating group) is 1. The topological polar surface area (TPSA) is 37.4 Å². The van der Waals surface area contributed by atoms with E-state index in [0.717, 1.165) is 32.2 Å². The second-order valence-electron chi connectivity index (χ2n) is 12.4. The van der Waals surface area contributed by atoms with Crippen LogP contribution in [0.2, 0.25) is 0 Å². The van der Waals surface area contributed by atoms with Gasteiger partial charge in [-0.25, -0.2) is 0 Å². The Hall–Kier alpha value is -0.410. The minimum Gasteiger partial charge on any atom is -0.297 e. The molecular formula is C36H72ClNO2. The number of unbranched alkanes of at least 4 members (excludes halogenated alkanes) is 24. The smallest absolute Gasteiger partial charge is 0.157 e. The second-order valence-corrected chi connectivity index (χ2v) is 12.4. The highest BCUT2D eigenvalue weighted by molar-refractivity contribution is 6.06. The summed E-state index contributed by atoms with van der Waals surface area (Å²) in [5.74, 6) is 0.309. The van der Waals surface area contributed by atoms with Crippen LogP contribution in [0.3, 0.4) is 0 Å². The van der Waals surface area contributed by atoms with Gasteiger partial charge in [-0.3, -0.25) is 14.5 Å². The van der Waals surface area contributed by atoms with E-state index in [2.05, 4.69) is 13.8 Å². The molecule has 40 heavy (non-hydrogen) atoms. The Balaban J connectivity index is 0. The highest BCUT2D eigenvalue weighted by Crippen LogP contribution is 2.16. The monoisotopic (exact) mass is 586 g/mol. The van der Waals surface area contributed by atoms with E-state index in [1.54, 1.807) is 0 Å². The molecule has 0 aliphatic heterocycles. The lowest BCUT2D eigenvalue weighted by Gasteiger charge is -2.24. The largest absolute Gasteiger partial charge is 0.297 e. The van der Waals surface area contributed by atoms with Gasteiger partial charge in [-0.2, -0.15) is 0 Å². The Kier molecular flexibility index (Phi) is 34.5. The van der Waals surface area contributed by atoms with Gasteiger partial charge in [0, 0.05) is 12.8 Å². The fraction of sp³-hybridized carbons (Fsp3) is 0.944. The molecule has 0 saturated heterocycles. The van der Waals surface area contributed by atoms with Crippen molar-refractivity contribution in [2.45, 2.75) is 207 Å². The minimum atomic E-state index is -0.510. The SMILES string of the molecule is CCCCCCCCCCCCCCCC(=O)C(C(=O)CCCCCCCCCCCCCCC)N(C)CC.Cl. The molecule has 0 aromatic carbocycles. The first-order valence-electron chi connectivity index (χ1n) is 17.8. The first-order chi connectivity index (χ1) is 19.1. The number of hydrogen-bond acceptors (Lipinski definition) is 3. The van der Waals surface area contributed by atoms with Crippen molar-refractivity contribution in [3.8, 4) is 0 Å². The van der Waals surface area contributed by atoms with Gasteiger partial charge in [-0.15, -0.1) is 12.4 Å². The third-order valence-electron chi connectivity index (χ3n) is 8.60. The molecule has 0 heterocycles. The molecule has 0 spiro atoms. The Bertz CT molecular complexity index is 497. The number of nitrogens with zero attached hydrogens (tertiary/aromatic N) is 1. The zero-order valence-corrected chi connectivity index (χ0v) is 28.6. The van der Waals surface area contributed by atoms with E-state index in [0.29, 0.717) is 12.8 Å². The van der Waals surface area contributed by atoms with Gasteiger partial charge in [0.1, 0.15) is 6.04 Å². The number of halogens is 1. The van der Waals surface area contributed by atoms with Crippen LogP contribution in [-0.4, -0.2) is 36.1 Å². The van der Waals surface area contributed by atoms with Crippen molar-refractivity contribution < 1.29 is 9.59 Å². The maximum atomic E-state index is 13.0. The lowest BCUT2D eigenvalue weighted by Crippen LogP contribution is -2.44. The molecule has 3 nitrogen and oxygen atoms in total. The summed E-state index contributed by atoms with van der Waals surface area (Å²) in [6, 6.07) is -0.510. The van der Waals surface area contributed by atoms with Crippen LogP contribution in [0.25, 0.3) is 0 Å². The van der Waals surface area contributed by atoms with Crippen molar-refractivity contribution in [1.29, 1.82) is 0 Å². The van der Waals surface area contributed by atoms with E-state index in [1.807, 2.05) is 18.9 Å². The van der Waals surface area contributed by atoms with Gasteiger partial charge in [-0.05, 0) is 26.4 Å². The fourth-order valence-electron chi connectivity index (χ4n) is 5.76. The third-order valence-corrected chi connectivity index (χ3v) is 8.60. The zero-order valence-electron chi connectivity index (χ0n) is 27.8. The van der Waals surface area contributed by atoms with Gasteiger partial charge in [0.2, 0.25) is 0 Å². The molecule has 0 atom stereocenters. The van der Waals surface area contributed by atoms with Crippen molar-refractivity contribution >= 4 is 24.0 Å². The van der Waals surface area contributed by atoms with E-state index in [4.69, 9.17) is 0 Å². The second kappa shape index (κ2) is 33.1. The number of carbonyl (C=O) groups excluding carboxylic acids is 2. The van der Waals surface area contributed by atoms with E-state index < -0.39 is 6.04 Å². The number of ketones is 2. The van der Waals surface area contributed by atoms with Crippen LogP contribution in [-0.2, 0) is 9.59 Å². The maximum Gasteiger partial charge on any atom is 0.157 e. The zero-order chi connectivity index (χ0) is 28.8. The highest BCUT2D eigenvalue weighted by Gasteiger charge is 2.28. The van der Waals surface area contributed by atoms with Gasteiger partial charge in [-0.1, -0.05) is 175 Å². The molecule has 4 heteroatoms. The Morgan fingerprint density at radius 3 is 0.875 bits per heavy atom. The number of carbonyl (C=O) groups is 2. The summed E-state index contributed by atoms with van der Waals surface area (Å²) in [7, 11) is 1.94. The van der Waals surface area contributed by atoms with Crippen LogP contribution in [0, 0.1) is 0 Å². The molecule has 0 fully saturated rings. The van der Waals surface area contributed by atoms with Crippen LogP contribution < -0.4 is 0 Å². The average molecular weight is 586 g/mol. The Morgan fingerprint density at radius 1 is 0.425 bits per heavy atom. The lowest BCUT2D eigenvalue weighted by molar-refractivity contribution is -0.134. The van der Waals surface area contributed by atoms with Gasteiger partial charge < -0.3 is 0 Å². The first kappa shape index (κ1) is 41.7. The number of rotatable bonds is 32. The Morgan fingerprint density at radius 2 is 0.650 bits per heavy atom. The average Bonchev–Trinajstić information content (AvgIpc) is 2.93. The molecule has 240 valence electrons. The molecule has 0 saturated carbocycles. The lowest BCUT2D eigenvalue weighted by atomic mass is 9.96. The van der Waals surface area contributed by atoms with E-state index in [1.165, 1.54) is 141 Å². The molecule has 0 aliphatic carbocycles. The molecule has 0 radical (unpaired) electrons. The van der Waals surface area contributed by atoms with Gasteiger partial charge in [0.25, 0.3) is 0 Å². The fourth-order valence-corrected chi connectivity index (χ4v) is 5.76. The van der Waals surface area contributed by atoms with E-state index in [-0.39, 0.29) is 24.0 Å². The molecule has 0 aromatic rings. The molecule has 0 unspecified atom stereocenters. The quantitative estimate of drug-likeness (QED) is 0.0581. The van der Waals surface area contributed by atoms with Crippen LogP contribution in [0.15, 0.2) is 0 Å². The molecule has 0 bridgehead atoms. The first-order valence-corrected chi connectivity index (χ1v) is 17.8. The summed E-state index contributed by atoms with van der Waals surface area (Å²) in [4.78, 5) is 27.9. The standard InChI is InChI=1S/C36H71NO2.ClH/c1-5-8-10-12-14-16-18-20-22-24-26-28-30-32-34(38)36(37(4)7-3)35(39)33-31-29-27-25-23-21-19-17-15-13-11-9-6-2;/h36H,5-33H2,1-4H3;1H. The molecule has 0 rings (SSSR count). The molecule has 0 amide bonds. The summed E-state index contributed by atoms with van der Waals surface area (Å²) in [5, 5.41) is 0. The van der Waals surface area contributed by atoms with Crippen LogP contribution in [0.1, 0.15) is 201 Å². The predicted molar refractivity (Wildman–Crippen MR) is 180 cm³/mol. The summed E-state index contributed by atoms with van der Waals surface area (Å²) >= 11 is 0. The molecule has 0 N–H and O–H groups in total. The summed E-state index contributed by atoms with van der Waals surface area (Å²) in [6.07, 6.45) is 35.2. The summed E-state index contributed by atoms with van der Waals surface area (Å²) < 4.78 is 0. The number of Topliss-reactive ketones (excluding diaryl/α,β-unsaturated/α-hetero) is 2. The van der Waals surface area contributed by atoms with Crippen molar-refractivity contribution in [2.24, 2.45) is 0 Å². The molecule has 0 aliphatic rings. The molecule has 0 aromatic heterocycles. The van der Waals surface area contributed by atoms with E-state index in [9.17, 15) is 9.59 Å². The highest BCUT2D eigenvalue weighted by atomic mass is 35.5. The van der Waals surface area contributed by atoms with Crippen LogP contribution in [0.5, 0.6) is 0 Å². The summed E-state index contributed by atoms with van der Waals surface area (Å²) in [5.41, 5.74) is 0. The Labute approximate surface area is 258 Å². The maximum absolute atomic E-state index is 13.0. The van der Waals surface area contributed by atoms with Gasteiger partial charge in [0.05, 0.1) is 0 Å². The van der Waals surface area contributed by atoms with Crippen molar-refractivity contribution in [1.82, 2.24) is 4.90 Å². The van der Waals surface area contributed by atoms with Crippen LogP contribution in [0.4, 0.5) is 0 Å². The van der Waals surface area contributed by atoms with Crippen LogP contribution >= 0.6 is 12.4 Å². The molecular weight excluding hydrogens is 514 g/mol. The van der Waals surface area contributed by atoms with Gasteiger partial charge in [0.15, 0.2) is 11.6 Å². The summed E-state index contributed by atoms with van der Waals surface area (Å²) in [6.45, 7) is 7.35. The van der Waals surface area contributed by atoms with Crippen molar-refractivity contribution in [2.75, 3.05) is 13.6 Å². The van der Waals surface area contributed by atoms with Crippen molar-refractivity contribution in [3.05, 3.63) is 0 Å². The predicted octanol–water partition coefficient (Wildman–Crippen LogP) is 11.8. The van der Waals surface area contributed by atoms with Gasteiger partial charge >= 0.3 is 0 Å². The number of hydrogen-bond donors (Lipinski definition) is 0. The third kappa shape index (κ3) is 26.5. The van der Waals surface area contributed by atoms with E-state index >= 15 is 0 Å². The van der Waals surface area contributed by atoms with Crippen molar-refractivity contribution in [3.63, 3.8) is 0 Å². The normalized spacial score (nSPS) is 11.3. The minimum absolute atomic E-state index is 0.